The molecular formula is C14H18N4O4. The van der Waals surface area contributed by atoms with E-state index in [0.717, 1.165) is 0 Å². The Morgan fingerprint density at radius 1 is 1.41 bits per heavy atom. The Balaban J connectivity index is 2.51. The summed E-state index contributed by atoms with van der Waals surface area (Å²) in [5.41, 5.74) is -0.0660. The van der Waals surface area contributed by atoms with Crippen LogP contribution in [0.2, 0.25) is 0 Å². The summed E-state index contributed by atoms with van der Waals surface area (Å²) >= 11 is 0. The minimum atomic E-state index is -0.566. The van der Waals surface area contributed by atoms with E-state index < -0.39 is 16.6 Å². The lowest BCUT2D eigenvalue weighted by Gasteiger charge is -2.19. The minimum absolute atomic E-state index is 0.144. The average Bonchev–Trinajstić information content (AvgIpc) is 2.41. The molecule has 2 N–H and O–H groups in total. The lowest BCUT2D eigenvalue weighted by atomic mass is 10.1. The topological polar surface area (TPSA) is 117 Å². The van der Waals surface area contributed by atoms with Crippen LogP contribution in [0, 0.1) is 21.4 Å². The number of carbonyl (C=O) groups is 1. The summed E-state index contributed by atoms with van der Waals surface area (Å²) in [5, 5.41) is 25.1. The first-order chi connectivity index (χ1) is 10.2. The van der Waals surface area contributed by atoms with E-state index in [9.17, 15) is 14.9 Å². The van der Waals surface area contributed by atoms with Gasteiger partial charge in [-0.25, -0.2) is 4.79 Å². The number of alkyl carbamates (subject to hydrolysis) is 1. The molecule has 0 saturated heterocycles. The molecule has 0 spiro atoms. The van der Waals surface area contributed by atoms with Gasteiger partial charge >= 0.3 is 6.09 Å². The molecule has 0 fully saturated rings. The van der Waals surface area contributed by atoms with Gasteiger partial charge in [0.1, 0.15) is 11.7 Å². The molecule has 8 heteroatoms. The second kappa shape index (κ2) is 7.26. The predicted octanol–water partition coefficient (Wildman–Crippen LogP) is 2.40. The summed E-state index contributed by atoms with van der Waals surface area (Å²) < 4.78 is 5.07. The van der Waals surface area contributed by atoms with E-state index in [-0.39, 0.29) is 17.8 Å². The van der Waals surface area contributed by atoms with Crippen LogP contribution in [0.1, 0.15) is 26.3 Å². The molecule has 0 heterocycles. The quantitative estimate of drug-likeness (QED) is 0.490. The van der Waals surface area contributed by atoms with E-state index in [1.807, 2.05) is 6.07 Å². The van der Waals surface area contributed by atoms with E-state index in [1.165, 1.54) is 18.2 Å². The van der Waals surface area contributed by atoms with Crippen molar-refractivity contribution in [3.8, 4) is 6.07 Å². The van der Waals surface area contributed by atoms with Crippen LogP contribution in [0.25, 0.3) is 0 Å². The number of ether oxygens (including phenoxy) is 1. The molecule has 1 aromatic rings. The van der Waals surface area contributed by atoms with Gasteiger partial charge in [0.15, 0.2) is 0 Å². The minimum Gasteiger partial charge on any atom is -0.444 e. The zero-order chi connectivity index (χ0) is 16.8. The van der Waals surface area contributed by atoms with Crippen LogP contribution in [-0.2, 0) is 4.74 Å². The lowest BCUT2D eigenvalue weighted by Crippen LogP contribution is -2.35. The van der Waals surface area contributed by atoms with Gasteiger partial charge < -0.3 is 15.4 Å². The molecule has 0 unspecified atom stereocenters. The highest BCUT2D eigenvalue weighted by Gasteiger charge is 2.15. The number of hydrogen-bond acceptors (Lipinski definition) is 6. The molecule has 8 nitrogen and oxygen atoms in total. The Bertz CT molecular complexity index is 602. The number of nitro groups is 1. The summed E-state index contributed by atoms with van der Waals surface area (Å²) in [6.07, 6.45) is -0.529. The maximum Gasteiger partial charge on any atom is 0.407 e. The van der Waals surface area contributed by atoms with Crippen molar-refractivity contribution in [1.29, 1.82) is 5.26 Å². The molecule has 0 aliphatic rings. The number of anilines is 1. The van der Waals surface area contributed by atoms with Crippen molar-refractivity contribution in [2.75, 3.05) is 18.4 Å². The number of hydrogen-bond donors (Lipinski definition) is 2. The third kappa shape index (κ3) is 5.66. The van der Waals surface area contributed by atoms with Crippen LogP contribution < -0.4 is 10.6 Å². The van der Waals surface area contributed by atoms with Gasteiger partial charge in [0.2, 0.25) is 0 Å². The Kier molecular flexibility index (Phi) is 5.69. The third-order valence-electron chi connectivity index (χ3n) is 2.44. The molecule has 118 valence electrons. The summed E-state index contributed by atoms with van der Waals surface area (Å²) in [4.78, 5) is 21.5. The first-order valence-electron chi connectivity index (χ1n) is 6.62. The maximum absolute atomic E-state index is 11.4. The Hall–Kier alpha value is -2.82. The van der Waals surface area contributed by atoms with Crippen LogP contribution in [0.3, 0.4) is 0 Å². The summed E-state index contributed by atoms with van der Waals surface area (Å²) in [6, 6.07) is 5.86. The van der Waals surface area contributed by atoms with Crippen molar-refractivity contribution in [1.82, 2.24) is 5.32 Å². The van der Waals surface area contributed by atoms with Crippen molar-refractivity contribution in [3.05, 3.63) is 33.9 Å². The fraction of sp³-hybridized carbons (Fsp3) is 0.429. The molecule has 0 aromatic heterocycles. The highest BCUT2D eigenvalue weighted by atomic mass is 16.6. The smallest absolute Gasteiger partial charge is 0.407 e. The zero-order valence-corrected chi connectivity index (χ0v) is 12.7. The second-order valence-corrected chi connectivity index (χ2v) is 5.45. The van der Waals surface area contributed by atoms with Crippen molar-refractivity contribution < 1.29 is 14.5 Å². The fourth-order valence-corrected chi connectivity index (χ4v) is 1.57. The first kappa shape index (κ1) is 17.2. The van der Waals surface area contributed by atoms with Gasteiger partial charge in [0, 0.05) is 25.2 Å². The third-order valence-corrected chi connectivity index (χ3v) is 2.44. The molecule has 1 rings (SSSR count). The predicted molar refractivity (Wildman–Crippen MR) is 80.5 cm³/mol. The van der Waals surface area contributed by atoms with Gasteiger partial charge in [-0.05, 0) is 26.8 Å². The number of amides is 1. The van der Waals surface area contributed by atoms with Gasteiger partial charge in [-0.15, -0.1) is 0 Å². The Morgan fingerprint density at radius 3 is 2.64 bits per heavy atom. The van der Waals surface area contributed by atoms with Gasteiger partial charge in [-0.3, -0.25) is 10.1 Å². The van der Waals surface area contributed by atoms with Crippen LogP contribution >= 0.6 is 0 Å². The molecule has 0 radical (unpaired) electrons. The number of nitrogens with one attached hydrogen (secondary N) is 2. The van der Waals surface area contributed by atoms with E-state index in [1.54, 1.807) is 20.8 Å². The molecule has 1 aromatic carbocycles. The van der Waals surface area contributed by atoms with Gasteiger partial charge in [-0.1, -0.05) is 0 Å². The van der Waals surface area contributed by atoms with Gasteiger partial charge in [0.05, 0.1) is 16.2 Å². The summed E-state index contributed by atoms with van der Waals surface area (Å²) in [7, 11) is 0. The van der Waals surface area contributed by atoms with Crippen LogP contribution in [-0.4, -0.2) is 29.7 Å². The van der Waals surface area contributed by atoms with Crippen LogP contribution in [0.15, 0.2) is 18.2 Å². The molecule has 0 atom stereocenters. The monoisotopic (exact) mass is 306 g/mol. The number of nitro benzene ring substituents is 1. The molecule has 22 heavy (non-hydrogen) atoms. The largest absolute Gasteiger partial charge is 0.444 e. The van der Waals surface area contributed by atoms with Crippen molar-refractivity contribution >= 4 is 17.5 Å². The van der Waals surface area contributed by atoms with Crippen LogP contribution in [0.4, 0.5) is 16.2 Å². The molecular weight excluding hydrogens is 288 g/mol. The maximum atomic E-state index is 11.4. The van der Waals surface area contributed by atoms with Crippen molar-refractivity contribution in [2.45, 2.75) is 26.4 Å². The van der Waals surface area contributed by atoms with E-state index >= 15 is 0 Å². The molecule has 1 amide bonds. The van der Waals surface area contributed by atoms with Gasteiger partial charge in [0.25, 0.3) is 5.69 Å². The highest BCUT2D eigenvalue weighted by molar-refractivity contribution is 5.67. The fourth-order valence-electron chi connectivity index (χ4n) is 1.57. The molecule has 0 saturated carbocycles. The Labute approximate surface area is 128 Å². The summed E-state index contributed by atoms with van der Waals surface area (Å²) in [6.45, 7) is 5.94. The van der Waals surface area contributed by atoms with Crippen molar-refractivity contribution in [2.24, 2.45) is 0 Å². The molecule has 0 aliphatic carbocycles. The first-order valence-corrected chi connectivity index (χ1v) is 6.62. The zero-order valence-electron chi connectivity index (χ0n) is 12.7. The number of benzene rings is 1. The number of nitrogens with zero attached hydrogens (tertiary/aromatic N) is 2. The number of rotatable bonds is 5. The number of carbonyl (C=O) groups excluding carboxylic acids is 1. The van der Waals surface area contributed by atoms with E-state index in [0.29, 0.717) is 12.2 Å². The number of non-ortho nitro benzene ring substituents is 1. The highest BCUT2D eigenvalue weighted by Crippen LogP contribution is 2.21. The Morgan fingerprint density at radius 2 is 2.09 bits per heavy atom. The normalized spacial score (nSPS) is 10.5. The van der Waals surface area contributed by atoms with E-state index in [4.69, 9.17) is 10.00 Å². The number of nitriles is 1. The van der Waals surface area contributed by atoms with Gasteiger partial charge in [-0.2, -0.15) is 5.26 Å². The SMILES string of the molecule is CC(C)(C)OC(=O)NCCNc1ccc([N+](=O)[O-])cc1C#N. The molecule has 0 aliphatic heterocycles. The van der Waals surface area contributed by atoms with Crippen LogP contribution in [0.5, 0.6) is 0 Å². The standard InChI is InChI=1S/C14H18N4O4/c1-14(2,3)22-13(19)17-7-6-16-12-5-4-11(18(20)21)8-10(12)9-15/h4-5,8,16H,6-7H2,1-3H3,(H,17,19). The second-order valence-electron chi connectivity index (χ2n) is 5.45. The average molecular weight is 306 g/mol. The molecule has 0 bridgehead atoms. The van der Waals surface area contributed by atoms with Crippen molar-refractivity contribution in [3.63, 3.8) is 0 Å². The lowest BCUT2D eigenvalue weighted by molar-refractivity contribution is -0.384. The van der Waals surface area contributed by atoms with E-state index in [2.05, 4.69) is 10.6 Å². The summed E-state index contributed by atoms with van der Waals surface area (Å²) in [5.74, 6) is 0.